The fraction of sp³-hybridized carbons (Fsp3) is 0.692. The number of esters is 1. The summed E-state index contributed by atoms with van der Waals surface area (Å²) >= 11 is 0. The molecule has 0 spiro atoms. The number of amides is 5. The Morgan fingerprint density at radius 1 is 0.719 bits per heavy atom. The summed E-state index contributed by atoms with van der Waals surface area (Å²) in [5.74, 6) is -4.20. The number of methoxy groups -OCH3 is 1. The van der Waals surface area contributed by atoms with Crippen molar-refractivity contribution in [1.82, 2.24) is 26.6 Å². The lowest BCUT2D eigenvalue weighted by Crippen LogP contribution is -2.57. The molecule has 0 unspecified atom stereocenters. The van der Waals surface area contributed by atoms with Gasteiger partial charge in [0.15, 0.2) is 0 Å². The second-order valence-electron chi connectivity index (χ2n) is 16.3. The molecule has 1 aromatic rings. The Kier molecular flexibility index (Phi) is 21.2. The topological polar surface area (TPSA) is 256 Å². The van der Waals surface area contributed by atoms with Crippen molar-refractivity contribution in [2.45, 2.75) is 142 Å². The van der Waals surface area contributed by atoms with E-state index in [0.29, 0.717) is 12.0 Å². The molecule has 0 aliphatic rings. The Morgan fingerprint density at radius 2 is 1.23 bits per heavy atom. The summed E-state index contributed by atoms with van der Waals surface area (Å²) in [6, 6.07) is 3.13. The normalized spacial score (nSPS) is 15.5. The molecule has 0 radical (unpaired) electrons. The summed E-state index contributed by atoms with van der Waals surface area (Å²) in [4.78, 5) is 78.1. The minimum Gasteiger partial charge on any atom is -0.469 e. The molecule has 7 N–H and O–H groups in total. The van der Waals surface area contributed by atoms with Crippen molar-refractivity contribution >= 4 is 45.5 Å². The highest BCUT2D eigenvalue weighted by Crippen LogP contribution is 2.15. The first-order valence-electron chi connectivity index (χ1n) is 19.1. The molecule has 18 heteroatoms. The van der Waals surface area contributed by atoms with E-state index in [0.717, 1.165) is 6.26 Å². The summed E-state index contributed by atoms with van der Waals surface area (Å²) in [7, 11) is -2.43. The van der Waals surface area contributed by atoms with Crippen molar-refractivity contribution in [2.75, 3.05) is 19.1 Å². The number of hydrogen-bond acceptors (Lipinski definition) is 12. The van der Waals surface area contributed by atoms with Crippen LogP contribution in [0.2, 0.25) is 0 Å². The number of carbonyl (C=O) groups is 6. The number of alkyl carbamates (subject to hydrolysis) is 1. The third-order valence-corrected chi connectivity index (χ3v) is 9.48. The van der Waals surface area contributed by atoms with Crippen LogP contribution in [0, 0.1) is 11.8 Å². The Hall–Kier alpha value is -4.29. The lowest BCUT2D eigenvalue weighted by Gasteiger charge is -2.29. The maximum atomic E-state index is 13.8. The van der Waals surface area contributed by atoms with E-state index in [1.165, 1.54) is 14.0 Å². The van der Waals surface area contributed by atoms with E-state index in [1.54, 1.807) is 51.1 Å². The Bertz CT molecular complexity index is 1580. The van der Waals surface area contributed by atoms with Crippen LogP contribution >= 0.6 is 0 Å². The third kappa shape index (κ3) is 21.7. The molecule has 324 valence electrons. The van der Waals surface area contributed by atoms with Gasteiger partial charge in [-0.2, -0.15) is 0 Å². The van der Waals surface area contributed by atoms with Crippen LogP contribution < -0.4 is 26.6 Å². The minimum atomic E-state index is -3.61. The van der Waals surface area contributed by atoms with Crippen LogP contribution in [0.3, 0.4) is 0 Å². The lowest BCUT2D eigenvalue weighted by molar-refractivity contribution is -0.144. The van der Waals surface area contributed by atoms with Crippen molar-refractivity contribution < 1.29 is 56.9 Å². The van der Waals surface area contributed by atoms with E-state index in [1.807, 2.05) is 27.7 Å². The highest BCUT2D eigenvalue weighted by atomic mass is 32.2. The summed E-state index contributed by atoms with van der Waals surface area (Å²) in [6.07, 6.45) is -3.34. The zero-order valence-electron chi connectivity index (χ0n) is 34.9. The maximum Gasteiger partial charge on any atom is 0.408 e. The van der Waals surface area contributed by atoms with E-state index in [-0.39, 0.29) is 37.5 Å². The first kappa shape index (κ1) is 50.7. The van der Waals surface area contributed by atoms with E-state index in [4.69, 9.17) is 4.74 Å². The van der Waals surface area contributed by atoms with Gasteiger partial charge in [0.1, 0.15) is 33.6 Å². The fourth-order valence-electron chi connectivity index (χ4n) is 5.71. The average Bonchev–Trinajstić information content (AvgIpc) is 3.07. The Morgan fingerprint density at radius 3 is 1.72 bits per heavy atom. The van der Waals surface area contributed by atoms with Gasteiger partial charge in [0.05, 0.1) is 50.0 Å². The number of sulfone groups is 1. The molecule has 1 aromatic carbocycles. The van der Waals surface area contributed by atoms with Gasteiger partial charge >= 0.3 is 12.1 Å². The van der Waals surface area contributed by atoms with Gasteiger partial charge in [0, 0.05) is 12.7 Å². The molecule has 1 rings (SSSR count). The molecular formula is C39H65N5O12S. The standard InChI is InChI=1S/C39H65N5O12S/c1-23(2)18-28(31(45)21-33(47)40-25(5)35(49)42-29(19-24(3)4)32(46)22-34(48)55-9)43-36(50)27(16-17-57(10,53)54)41-37(51)30(20-26-14-12-11-13-15-26)44-38(52)56-39(6,7)8/h11-15,23-25,27-32,45-46H,16-22H2,1-10H3,(H,40,47)(H,41,51)(H,42,49)(H,43,50)(H,44,52)/t25-,27-,28-,29-,30-,31-,32-/m0/s1. The van der Waals surface area contributed by atoms with Crippen LogP contribution in [0.15, 0.2) is 30.3 Å². The predicted octanol–water partition coefficient (Wildman–Crippen LogP) is 1.28. The highest BCUT2D eigenvalue weighted by molar-refractivity contribution is 7.90. The molecule has 0 aromatic heterocycles. The number of carbonyl (C=O) groups excluding carboxylic acids is 6. The van der Waals surface area contributed by atoms with Crippen LogP contribution in [-0.2, 0) is 49.7 Å². The zero-order chi connectivity index (χ0) is 43.7. The van der Waals surface area contributed by atoms with Crippen molar-refractivity contribution in [2.24, 2.45) is 11.8 Å². The highest BCUT2D eigenvalue weighted by Gasteiger charge is 2.33. The number of ether oxygens (including phenoxy) is 2. The van der Waals surface area contributed by atoms with Crippen molar-refractivity contribution in [3.05, 3.63) is 35.9 Å². The predicted molar refractivity (Wildman–Crippen MR) is 213 cm³/mol. The molecule has 0 saturated carbocycles. The Balaban J connectivity index is 3.19. The first-order chi connectivity index (χ1) is 26.3. The van der Waals surface area contributed by atoms with E-state index < -0.39 is 106 Å². The van der Waals surface area contributed by atoms with Gasteiger partial charge in [-0.05, 0) is 64.4 Å². The molecular weight excluding hydrogens is 763 g/mol. The molecule has 5 amide bonds. The molecule has 0 aliphatic carbocycles. The Labute approximate surface area is 337 Å². The first-order valence-corrected chi connectivity index (χ1v) is 21.2. The van der Waals surface area contributed by atoms with Crippen LogP contribution in [-0.4, -0.2) is 121 Å². The maximum absolute atomic E-state index is 13.8. The van der Waals surface area contributed by atoms with Crippen molar-refractivity contribution in [3.63, 3.8) is 0 Å². The van der Waals surface area contributed by atoms with Gasteiger partial charge < -0.3 is 46.3 Å². The number of benzene rings is 1. The lowest BCUT2D eigenvalue weighted by atomic mass is 9.96. The second kappa shape index (κ2) is 23.8. The quantitative estimate of drug-likeness (QED) is 0.0771. The fourth-order valence-corrected chi connectivity index (χ4v) is 6.37. The smallest absolute Gasteiger partial charge is 0.408 e. The third-order valence-electron chi connectivity index (χ3n) is 8.50. The number of aliphatic hydroxyl groups is 2. The average molecular weight is 828 g/mol. The van der Waals surface area contributed by atoms with Gasteiger partial charge in [0.25, 0.3) is 0 Å². The number of nitrogens with one attached hydrogen (secondary N) is 5. The summed E-state index contributed by atoms with van der Waals surface area (Å²) in [5.41, 5.74) is -0.196. The molecule has 0 heterocycles. The SMILES string of the molecule is COC(=O)C[C@H](O)[C@H](CC(C)C)NC(=O)[C@H](C)NC(=O)C[C@H](O)[C@H](CC(C)C)NC(=O)[C@H](CCS(C)(=O)=O)NC(=O)[C@H](Cc1ccccc1)NC(=O)OC(C)(C)C. The zero-order valence-corrected chi connectivity index (χ0v) is 35.7. The van der Waals surface area contributed by atoms with Crippen molar-refractivity contribution in [3.8, 4) is 0 Å². The molecule has 0 aliphatic heterocycles. The number of aliphatic hydroxyl groups excluding tert-OH is 2. The number of hydrogen-bond donors (Lipinski definition) is 7. The molecule has 17 nitrogen and oxygen atoms in total. The minimum absolute atomic E-state index is 0.0129. The van der Waals surface area contributed by atoms with Crippen molar-refractivity contribution in [1.29, 1.82) is 0 Å². The number of rotatable bonds is 23. The van der Waals surface area contributed by atoms with Gasteiger partial charge in [-0.3, -0.25) is 24.0 Å². The largest absolute Gasteiger partial charge is 0.469 e. The van der Waals surface area contributed by atoms with Gasteiger partial charge in [-0.15, -0.1) is 0 Å². The van der Waals surface area contributed by atoms with Crippen LogP contribution in [0.4, 0.5) is 4.79 Å². The molecule has 0 saturated heterocycles. The van der Waals surface area contributed by atoms with Crippen LogP contribution in [0.5, 0.6) is 0 Å². The molecule has 0 fully saturated rings. The van der Waals surface area contributed by atoms with Crippen LogP contribution in [0.1, 0.15) is 93.1 Å². The molecule has 7 atom stereocenters. The monoisotopic (exact) mass is 827 g/mol. The van der Waals surface area contributed by atoms with E-state index in [9.17, 15) is 47.4 Å². The molecule has 57 heavy (non-hydrogen) atoms. The van der Waals surface area contributed by atoms with Gasteiger partial charge in [-0.1, -0.05) is 58.0 Å². The summed E-state index contributed by atoms with van der Waals surface area (Å²) < 4.78 is 34.3. The summed E-state index contributed by atoms with van der Waals surface area (Å²) in [5, 5.41) is 34.7. The molecule has 0 bridgehead atoms. The summed E-state index contributed by atoms with van der Waals surface area (Å²) in [6.45, 7) is 13.7. The van der Waals surface area contributed by atoms with Gasteiger partial charge in [0.2, 0.25) is 23.6 Å². The van der Waals surface area contributed by atoms with Crippen LogP contribution in [0.25, 0.3) is 0 Å². The van der Waals surface area contributed by atoms with E-state index >= 15 is 0 Å². The second-order valence-corrected chi connectivity index (χ2v) is 18.5. The van der Waals surface area contributed by atoms with Gasteiger partial charge in [-0.25, -0.2) is 13.2 Å². The van der Waals surface area contributed by atoms with E-state index in [2.05, 4.69) is 31.3 Å².